The second-order valence-electron chi connectivity index (χ2n) is 8.05. The van der Waals surface area contributed by atoms with Crippen LogP contribution in [0.2, 0.25) is 0 Å². The van der Waals surface area contributed by atoms with Gasteiger partial charge in [0.2, 0.25) is 0 Å². The maximum Gasteiger partial charge on any atom is 0.269 e. The standard InChI is InChI=1S/C27H24N4O7S/c1-2-37-23-12-15-25(16-13-23)39(35,36)30(21-6-4-3-5-7-21)19-27(32)29-28-18-24-14-17-26(38-24)20-8-10-22(11-9-20)31(33)34/h3-18H,2,19H2,1H3,(H,29,32). The quantitative estimate of drug-likeness (QED) is 0.164. The van der Waals surface area contributed by atoms with Crippen molar-refractivity contribution in [1.82, 2.24) is 5.43 Å². The molecule has 1 N–H and O–H groups in total. The predicted molar refractivity (Wildman–Crippen MR) is 145 cm³/mol. The van der Waals surface area contributed by atoms with E-state index in [0.717, 1.165) is 4.31 Å². The third-order valence-electron chi connectivity index (χ3n) is 5.42. The minimum absolute atomic E-state index is 0.000432. The van der Waals surface area contributed by atoms with Gasteiger partial charge in [-0.2, -0.15) is 5.10 Å². The number of carbonyl (C=O) groups excluding carboxylic acids is 1. The summed E-state index contributed by atoms with van der Waals surface area (Å²) >= 11 is 0. The number of rotatable bonds is 11. The molecule has 0 saturated carbocycles. The van der Waals surface area contributed by atoms with E-state index in [4.69, 9.17) is 9.15 Å². The van der Waals surface area contributed by atoms with Crippen molar-refractivity contribution in [2.75, 3.05) is 17.5 Å². The van der Waals surface area contributed by atoms with Crippen LogP contribution in [0.15, 0.2) is 105 Å². The lowest BCUT2D eigenvalue weighted by atomic mass is 10.1. The summed E-state index contributed by atoms with van der Waals surface area (Å²) < 4.78 is 38.9. The highest BCUT2D eigenvalue weighted by atomic mass is 32.2. The molecular formula is C27H24N4O7S. The summed E-state index contributed by atoms with van der Waals surface area (Å²) in [7, 11) is -4.09. The number of furan rings is 1. The maximum atomic E-state index is 13.4. The Morgan fingerprint density at radius 1 is 1.03 bits per heavy atom. The van der Waals surface area contributed by atoms with Gasteiger partial charge >= 0.3 is 0 Å². The van der Waals surface area contributed by atoms with Crippen LogP contribution in [0.5, 0.6) is 5.75 Å². The van der Waals surface area contributed by atoms with Gasteiger partial charge < -0.3 is 9.15 Å². The fourth-order valence-electron chi connectivity index (χ4n) is 3.57. The summed E-state index contributed by atoms with van der Waals surface area (Å²) in [6.07, 6.45) is 1.26. The summed E-state index contributed by atoms with van der Waals surface area (Å²) in [6, 6.07) is 23.3. The minimum Gasteiger partial charge on any atom is -0.494 e. The fourth-order valence-corrected chi connectivity index (χ4v) is 4.99. The molecule has 0 fully saturated rings. The Morgan fingerprint density at radius 3 is 2.36 bits per heavy atom. The average molecular weight is 549 g/mol. The van der Waals surface area contributed by atoms with Crippen molar-refractivity contribution >= 4 is 33.5 Å². The number of nitrogens with zero attached hydrogens (tertiary/aromatic N) is 3. The highest BCUT2D eigenvalue weighted by Gasteiger charge is 2.27. The number of carbonyl (C=O) groups is 1. The van der Waals surface area contributed by atoms with E-state index in [0.29, 0.717) is 35.1 Å². The zero-order valence-corrected chi connectivity index (χ0v) is 21.6. The number of amides is 1. The van der Waals surface area contributed by atoms with Gasteiger partial charge in [0.15, 0.2) is 0 Å². The molecule has 0 saturated heterocycles. The first-order valence-electron chi connectivity index (χ1n) is 11.7. The van der Waals surface area contributed by atoms with Gasteiger partial charge in [0.05, 0.1) is 28.3 Å². The van der Waals surface area contributed by atoms with Crippen LogP contribution in [-0.2, 0) is 14.8 Å². The lowest BCUT2D eigenvalue weighted by molar-refractivity contribution is -0.384. The average Bonchev–Trinajstić information content (AvgIpc) is 3.41. The second kappa shape index (κ2) is 12.0. The molecule has 0 aliphatic carbocycles. The molecule has 0 spiro atoms. The van der Waals surface area contributed by atoms with Crippen molar-refractivity contribution in [3.63, 3.8) is 0 Å². The van der Waals surface area contributed by atoms with Crippen molar-refractivity contribution in [3.8, 4) is 17.1 Å². The van der Waals surface area contributed by atoms with E-state index in [1.54, 1.807) is 66.7 Å². The number of benzene rings is 3. The molecule has 39 heavy (non-hydrogen) atoms. The molecule has 0 atom stereocenters. The van der Waals surface area contributed by atoms with Crippen LogP contribution in [0.4, 0.5) is 11.4 Å². The van der Waals surface area contributed by atoms with Crippen molar-refractivity contribution < 1.29 is 27.3 Å². The Morgan fingerprint density at radius 2 is 1.72 bits per heavy atom. The van der Waals surface area contributed by atoms with Crippen molar-refractivity contribution in [2.45, 2.75) is 11.8 Å². The molecule has 11 nitrogen and oxygen atoms in total. The molecule has 1 aromatic heterocycles. The van der Waals surface area contributed by atoms with Gasteiger partial charge in [-0.15, -0.1) is 0 Å². The summed E-state index contributed by atoms with van der Waals surface area (Å²) in [5.74, 6) is 0.621. The zero-order chi connectivity index (χ0) is 27.8. The molecule has 200 valence electrons. The van der Waals surface area contributed by atoms with E-state index in [-0.39, 0.29) is 10.6 Å². The molecule has 3 aromatic carbocycles. The third kappa shape index (κ3) is 6.67. The van der Waals surface area contributed by atoms with E-state index in [1.807, 2.05) is 6.92 Å². The number of nitro groups is 1. The fraction of sp³-hybridized carbons (Fsp3) is 0.111. The molecule has 4 aromatic rings. The Hall–Kier alpha value is -4.97. The Bertz CT molecular complexity index is 1570. The molecular weight excluding hydrogens is 524 g/mol. The van der Waals surface area contributed by atoms with Gasteiger partial charge in [-0.25, -0.2) is 13.8 Å². The monoisotopic (exact) mass is 548 g/mol. The Labute approximate surface area is 224 Å². The number of nitrogens with one attached hydrogen (secondary N) is 1. The van der Waals surface area contributed by atoms with Gasteiger partial charge in [-0.1, -0.05) is 18.2 Å². The van der Waals surface area contributed by atoms with Crippen LogP contribution in [0.1, 0.15) is 12.7 Å². The highest BCUT2D eigenvalue weighted by Crippen LogP contribution is 2.26. The molecule has 4 rings (SSSR count). The van der Waals surface area contributed by atoms with Crippen LogP contribution < -0.4 is 14.5 Å². The topological polar surface area (TPSA) is 144 Å². The SMILES string of the molecule is CCOc1ccc(S(=O)(=O)N(CC(=O)NN=Cc2ccc(-c3ccc([N+](=O)[O-])cc3)o2)c2ccccc2)cc1. The molecule has 1 heterocycles. The van der Waals surface area contributed by atoms with E-state index in [2.05, 4.69) is 10.5 Å². The maximum absolute atomic E-state index is 13.4. The van der Waals surface area contributed by atoms with Gasteiger partial charge in [-0.3, -0.25) is 19.2 Å². The zero-order valence-electron chi connectivity index (χ0n) is 20.8. The van der Waals surface area contributed by atoms with Crippen molar-refractivity contribution in [2.24, 2.45) is 5.10 Å². The summed E-state index contributed by atoms with van der Waals surface area (Å²) in [5, 5.41) is 14.7. The van der Waals surface area contributed by atoms with Crippen molar-refractivity contribution in [1.29, 1.82) is 0 Å². The lowest BCUT2D eigenvalue weighted by Gasteiger charge is -2.23. The van der Waals surface area contributed by atoms with Gasteiger partial charge in [0.25, 0.3) is 21.6 Å². The summed E-state index contributed by atoms with van der Waals surface area (Å²) in [5.41, 5.74) is 3.22. The molecule has 0 bridgehead atoms. The van der Waals surface area contributed by atoms with E-state index < -0.39 is 27.4 Å². The highest BCUT2D eigenvalue weighted by molar-refractivity contribution is 7.92. The number of anilines is 1. The van der Waals surface area contributed by atoms with Gasteiger partial charge in [0.1, 0.15) is 23.8 Å². The lowest BCUT2D eigenvalue weighted by Crippen LogP contribution is -2.39. The number of ether oxygens (including phenoxy) is 1. The molecule has 0 radical (unpaired) electrons. The molecule has 0 aliphatic rings. The van der Waals surface area contributed by atoms with E-state index in [1.165, 1.54) is 30.5 Å². The predicted octanol–water partition coefficient (Wildman–Crippen LogP) is 4.60. The first kappa shape index (κ1) is 27.1. The third-order valence-corrected chi connectivity index (χ3v) is 7.21. The van der Waals surface area contributed by atoms with Crippen LogP contribution >= 0.6 is 0 Å². The van der Waals surface area contributed by atoms with Gasteiger partial charge in [0, 0.05) is 17.7 Å². The largest absolute Gasteiger partial charge is 0.494 e. The number of non-ortho nitro benzene ring substituents is 1. The number of para-hydroxylation sites is 1. The number of hydrazone groups is 1. The second-order valence-corrected chi connectivity index (χ2v) is 9.91. The number of nitro benzene ring substituents is 1. The molecule has 1 amide bonds. The number of hydrogen-bond donors (Lipinski definition) is 1. The number of sulfonamides is 1. The molecule has 12 heteroatoms. The summed E-state index contributed by atoms with van der Waals surface area (Å²) in [6.45, 7) is 1.75. The molecule has 0 aliphatic heterocycles. The first-order valence-corrected chi connectivity index (χ1v) is 13.2. The minimum atomic E-state index is -4.09. The van der Waals surface area contributed by atoms with Crippen LogP contribution in [0, 0.1) is 10.1 Å². The van der Waals surface area contributed by atoms with Crippen LogP contribution in [0.25, 0.3) is 11.3 Å². The Balaban J connectivity index is 1.46. The van der Waals surface area contributed by atoms with Crippen molar-refractivity contribution in [3.05, 3.63) is 107 Å². The van der Waals surface area contributed by atoms with E-state index in [9.17, 15) is 23.3 Å². The van der Waals surface area contributed by atoms with Crippen LogP contribution in [0.3, 0.4) is 0 Å². The number of hydrogen-bond acceptors (Lipinski definition) is 8. The first-order chi connectivity index (χ1) is 18.8. The molecule has 0 unspecified atom stereocenters. The van der Waals surface area contributed by atoms with Crippen LogP contribution in [-0.4, -0.2) is 38.6 Å². The Kier molecular flexibility index (Phi) is 8.37. The van der Waals surface area contributed by atoms with E-state index >= 15 is 0 Å². The summed E-state index contributed by atoms with van der Waals surface area (Å²) in [4.78, 5) is 23.0. The smallest absolute Gasteiger partial charge is 0.269 e. The van der Waals surface area contributed by atoms with Gasteiger partial charge in [-0.05, 0) is 67.6 Å². The normalized spacial score (nSPS) is 11.3.